The van der Waals surface area contributed by atoms with Gasteiger partial charge in [-0.3, -0.25) is 15.0 Å². The molecule has 1 unspecified atom stereocenters. The predicted molar refractivity (Wildman–Crippen MR) is 122 cm³/mol. The zero-order valence-corrected chi connectivity index (χ0v) is 19.1. The summed E-state index contributed by atoms with van der Waals surface area (Å²) in [6.07, 6.45) is 7.04. The molecule has 4 saturated carbocycles. The standard InChI is InChI=1S/C25H32FN5O2/c1-16(30-4-6-31(7-5-30)22-3-2-17(15-27)11-21(22)26)23(32)28-24(33)29-25-12-18-8-19(13-25)10-20(9-18)14-25/h2-3,11,16,18-20H,4-10,12-14H2,1H3,(H2,28,29,32,33). The van der Waals surface area contributed by atoms with Gasteiger partial charge in [-0.1, -0.05) is 0 Å². The van der Waals surface area contributed by atoms with E-state index in [9.17, 15) is 14.0 Å². The molecule has 1 heterocycles. The molecule has 4 bridgehead atoms. The molecule has 5 fully saturated rings. The summed E-state index contributed by atoms with van der Waals surface area (Å²) in [5, 5.41) is 14.7. The van der Waals surface area contributed by atoms with Crippen LogP contribution in [0.1, 0.15) is 51.0 Å². The first-order valence-corrected chi connectivity index (χ1v) is 12.2. The number of carbonyl (C=O) groups is 2. The summed E-state index contributed by atoms with van der Waals surface area (Å²) >= 11 is 0. The monoisotopic (exact) mass is 453 g/mol. The van der Waals surface area contributed by atoms with Gasteiger partial charge in [-0.15, -0.1) is 0 Å². The van der Waals surface area contributed by atoms with Crippen molar-refractivity contribution >= 4 is 17.6 Å². The quantitative estimate of drug-likeness (QED) is 0.732. The van der Waals surface area contributed by atoms with E-state index < -0.39 is 11.9 Å². The maximum absolute atomic E-state index is 14.3. The number of benzene rings is 1. The number of anilines is 1. The van der Waals surface area contributed by atoms with Gasteiger partial charge in [-0.2, -0.15) is 5.26 Å². The first kappa shape index (κ1) is 22.1. The van der Waals surface area contributed by atoms with Crippen LogP contribution in [0.2, 0.25) is 0 Å². The lowest BCUT2D eigenvalue weighted by molar-refractivity contribution is -0.125. The molecule has 7 nitrogen and oxygen atoms in total. The average Bonchev–Trinajstić information content (AvgIpc) is 2.77. The zero-order valence-electron chi connectivity index (χ0n) is 19.1. The Morgan fingerprint density at radius 2 is 1.70 bits per heavy atom. The molecule has 0 spiro atoms. The molecule has 0 aromatic heterocycles. The number of nitriles is 1. The number of halogens is 1. The van der Waals surface area contributed by atoms with Crippen molar-refractivity contribution in [2.24, 2.45) is 17.8 Å². The second-order valence-electron chi connectivity index (χ2n) is 10.6. The Bertz CT molecular complexity index is 946. The molecule has 5 aliphatic rings. The fraction of sp³-hybridized carbons (Fsp3) is 0.640. The van der Waals surface area contributed by atoms with Crippen molar-refractivity contribution in [3.05, 3.63) is 29.6 Å². The summed E-state index contributed by atoms with van der Waals surface area (Å²) in [6.45, 7) is 4.13. The summed E-state index contributed by atoms with van der Waals surface area (Å²) in [5.74, 6) is 1.47. The largest absolute Gasteiger partial charge is 0.367 e. The Kier molecular flexibility index (Phi) is 5.77. The Balaban J connectivity index is 1.12. The van der Waals surface area contributed by atoms with Gasteiger partial charge in [-0.25, -0.2) is 9.18 Å². The van der Waals surface area contributed by atoms with E-state index in [-0.39, 0.29) is 17.5 Å². The van der Waals surface area contributed by atoms with Gasteiger partial charge >= 0.3 is 6.03 Å². The highest BCUT2D eigenvalue weighted by atomic mass is 19.1. The second-order valence-corrected chi connectivity index (χ2v) is 10.6. The van der Waals surface area contributed by atoms with Gasteiger partial charge < -0.3 is 10.2 Å². The van der Waals surface area contributed by atoms with Gasteiger partial charge in [0.05, 0.1) is 23.4 Å². The summed E-state index contributed by atoms with van der Waals surface area (Å²) in [7, 11) is 0. The van der Waals surface area contributed by atoms with Crippen molar-refractivity contribution in [1.82, 2.24) is 15.5 Å². The van der Waals surface area contributed by atoms with E-state index in [0.29, 0.717) is 37.4 Å². The third-order valence-electron chi connectivity index (χ3n) is 8.31. The molecule has 1 saturated heterocycles. The molecule has 6 rings (SSSR count). The van der Waals surface area contributed by atoms with E-state index in [1.807, 2.05) is 22.8 Å². The van der Waals surface area contributed by atoms with Crippen molar-refractivity contribution in [3.8, 4) is 6.07 Å². The number of nitrogens with zero attached hydrogens (tertiary/aromatic N) is 3. The van der Waals surface area contributed by atoms with Gasteiger partial charge in [0.1, 0.15) is 5.82 Å². The van der Waals surface area contributed by atoms with Gasteiger partial charge in [0.15, 0.2) is 0 Å². The van der Waals surface area contributed by atoms with E-state index in [1.165, 1.54) is 25.3 Å². The van der Waals surface area contributed by atoms with Crippen LogP contribution in [0, 0.1) is 34.9 Å². The second kappa shape index (κ2) is 8.60. The van der Waals surface area contributed by atoms with Crippen LogP contribution in [0.5, 0.6) is 0 Å². The van der Waals surface area contributed by atoms with E-state index in [0.717, 1.165) is 37.0 Å². The third-order valence-corrected chi connectivity index (χ3v) is 8.31. The van der Waals surface area contributed by atoms with Crippen LogP contribution in [0.3, 0.4) is 0 Å². The Morgan fingerprint density at radius 1 is 1.09 bits per heavy atom. The fourth-order valence-corrected chi connectivity index (χ4v) is 7.10. The third kappa shape index (κ3) is 4.43. The van der Waals surface area contributed by atoms with E-state index in [1.54, 1.807) is 12.1 Å². The highest BCUT2D eigenvalue weighted by Crippen LogP contribution is 2.55. The minimum Gasteiger partial charge on any atom is -0.367 e. The van der Waals surface area contributed by atoms with Gasteiger partial charge in [0.2, 0.25) is 5.91 Å². The van der Waals surface area contributed by atoms with Crippen LogP contribution in [0.15, 0.2) is 18.2 Å². The molecular formula is C25H32FN5O2. The molecule has 1 aromatic rings. The van der Waals surface area contributed by atoms with Crippen molar-refractivity contribution in [2.75, 3.05) is 31.1 Å². The highest BCUT2D eigenvalue weighted by Gasteiger charge is 2.51. The van der Waals surface area contributed by atoms with Crippen LogP contribution in [-0.4, -0.2) is 54.6 Å². The van der Waals surface area contributed by atoms with E-state index in [2.05, 4.69) is 10.6 Å². The first-order valence-electron chi connectivity index (χ1n) is 12.2. The number of hydrogen-bond donors (Lipinski definition) is 2. The number of urea groups is 1. The van der Waals surface area contributed by atoms with Crippen LogP contribution < -0.4 is 15.5 Å². The topological polar surface area (TPSA) is 88.5 Å². The minimum atomic E-state index is -0.444. The number of amides is 3. The smallest absolute Gasteiger partial charge is 0.321 e. The molecule has 2 N–H and O–H groups in total. The molecule has 33 heavy (non-hydrogen) atoms. The molecule has 3 amide bonds. The molecule has 4 aliphatic carbocycles. The summed E-state index contributed by atoms with van der Waals surface area (Å²) in [5.41, 5.74) is 0.645. The first-order chi connectivity index (χ1) is 15.8. The number of hydrogen-bond acceptors (Lipinski definition) is 5. The Morgan fingerprint density at radius 3 is 2.24 bits per heavy atom. The van der Waals surface area contributed by atoms with Crippen molar-refractivity contribution in [2.45, 2.75) is 57.0 Å². The van der Waals surface area contributed by atoms with Gasteiger partial charge in [0, 0.05) is 31.7 Å². The van der Waals surface area contributed by atoms with Crippen LogP contribution in [0.4, 0.5) is 14.9 Å². The number of imide groups is 1. The summed E-state index contributed by atoms with van der Waals surface area (Å²) in [4.78, 5) is 29.5. The maximum Gasteiger partial charge on any atom is 0.321 e. The highest BCUT2D eigenvalue weighted by molar-refractivity contribution is 5.97. The van der Waals surface area contributed by atoms with E-state index >= 15 is 0 Å². The molecule has 0 radical (unpaired) electrons. The van der Waals surface area contributed by atoms with Crippen LogP contribution >= 0.6 is 0 Å². The SMILES string of the molecule is CC(C(=O)NC(=O)NC12CC3CC(CC(C3)C1)C2)N1CCN(c2ccc(C#N)cc2F)CC1. The average molecular weight is 454 g/mol. The van der Waals surface area contributed by atoms with Crippen LogP contribution in [0.25, 0.3) is 0 Å². The van der Waals surface area contributed by atoms with Gasteiger partial charge in [-0.05, 0) is 81.4 Å². The summed E-state index contributed by atoms with van der Waals surface area (Å²) < 4.78 is 14.3. The molecule has 176 valence electrons. The molecule has 8 heteroatoms. The van der Waals surface area contributed by atoms with Crippen LogP contribution in [-0.2, 0) is 4.79 Å². The van der Waals surface area contributed by atoms with Gasteiger partial charge in [0.25, 0.3) is 0 Å². The lowest BCUT2D eigenvalue weighted by Gasteiger charge is -2.56. The zero-order chi connectivity index (χ0) is 23.2. The Labute approximate surface area is 194 Å². The maximum atomic E-state index is 14.3. The number of carbonyl (C=O) groups excluding carboxylic acids is 2. The van der Waals surface area contributed by atoms with Crippen molar-refractivity contribution in [3.63, 3.8) is 0 Å². The Hall–Kier alpha value is -2.66. The molecule has 1 aliphatic heterocycles. The molecular weight excluding hydrogens is 421 g/mol. The lowest BCUT2D eigenvalue weighted by Crippen LogP contribution is -2.63. The summed E-state index contributed by atoms with van der Waals surface area (Å²) in [6, 6.07) is 5.63. The molecule has 1 atom stereocenters. The van der Waals surface area contributed by atoms with Crippen molar-refractivity contribution < 1.29 is 14.0 Å². The predicted octanol–water partition coefficient (Wildman–Crippen LogP) is 3.00. The van der Waals surface area contributed by atoms with Crippen molar-refractivity contribution in [1.29, 1.82) is 5.26 Å². The molecule has 1 aromatic carbocycles. The number of piperazine rings is 1. The normalized spacial score (nSPS) is 31.7. The minimum absolute atomic E-state index is 0.126. The number of nitrogens with one attached hydrogen (secondary N) is 2. The lowest BCUT2D eigenvalue weighted by atomic mass is 9.53. The fourth-order valence-electron chi connectivity index (χ4n) is 7.10. The number of rotatable bonds is 4. The van der Waals surface area contributed by atoms with E-state index in [4.69, 9.17) is 5.26 Å².